The van der Waals surface area contributed by atoms with Gasteiger partial charge in [-0.2, -0.15) is 0 Å². The van der Waals surface area contributed by atoms with E-state index in [0.717, 1.165) is 17.2 Å². The standard InChI is InChI=1S/C19H27N3O2S.HI/c1-4-20-18(22-14-19(3,23)17-9-6-12-25-17)21-10-11-24-16-8-5-7-15(2)13-16;/h5-9,12-13,23H,4,10-11,14H2,1-3H3,(H2,20,21,22);1H. The van der Waals surface area contributed by atoms with Gasteiger partial charge in [0.2, 0.25) is 0 Å². The van der Waals surface area contributed by atoms with E-state index in [2.05, 4.69) is 15.6 Å². The number of aliphatic imine (C=N–C) groups is 1. The summed E-state index contributed by atoms with van der Waals surface area (Å²) < 4.78 is 5.73. The van der Waals surface area contributed by atoms with Crippen LogP contribution in [0.4, 0.5) is 0 Å². The number of aliphatic hydroxyl groups is 1. The second-order valence-corrected chi connectivity index (χ2v) is 6.99. The molecule has 0 fully saturated rings. The van der Waals surface area contributed by atoms with E-state index in [9.17, 15) is 5.11 Å². The molecule has 0 saturated heterocycles. The van der Waals surface area contributed by atoms with E-state index in [4.69, 9.17) is 4.74 Å². The summed E-state index contributed by atoms with van der Waals surface area (Å²) in [5, 5.41) is 18.9. The number of nitrogens with zero attached hydrogens (tertiary/aromatic N) is 1. The van der Waals surface area contributed by atoms with Gasteiger partial charge in [0.25, 0.3) is 0 Å². The molecule has 0 aliphatic carbocycles. The molecule has 1 unspecified atom stereocenters. The number of halogens is 1. The molecule has 0 aliphatic rings. The summed E-state index contributed by atoms with van der Waals surface area (Å²) in [6, 6.07) is 11.8. The summed E-state index contributed by atoms with van der Waals surface area (Å²) in [5.74, 6) is 1.54. The molecule has 0 radical (unpaired) electrons. The van der Waals surface area contributed by atoms with Crippen molar-refractivity contribution in [2.45, 2.75) is 26.4 Å². The van der Waals surface area contributed by atoms with Crippen LogP contribution < -0.4 is 15.4 Å². The van der Waals surface area contributed by atoms with Crippen LogP contribution in [0.1, 0.15) is 24.3 Å². The molecule has 0 aliphatic heterocycles. The molecular formula is C19H28IN3O2S. The van der Waals surface area contributed by atoms with Gasteiger partial charge in [-0.05, 0) is 49.9 Å². The number of guanidine groups is 1. The summed E-state index contributed by atoms with van der Waals surface area (Å²) >= 11 is 1.54. The highest BCUT2D eigenvalue weighted by atomic mass is 127. The molecular weight excluding hydrogens is 461 g/mol. The molecule has 1 aromatic carbocycles. The third-order valence-electron chi connectivity index (χ3n) is 3.59. The molecule has 1 atom stereocenters. The number of aryl methyl sites for hydroxylation is 1. The Hall–Kier alpha value is -1.32. The van der Waals surface area contributed by atoms with Gasteiger partial charge in [-0.15, -0.1) is 35.3 Å². The average Bonchev–Trinajstić information content (AvgIpc) is 3.12. The molecule has 2 rings (SSSR count). The number of thiophene rings is 1. The highest BCUT2D eigenvalue weighted by molar-refractivity contribution is 14.0. The zero-order valence-corrected chi connectivity index (χ0v) is 18.6. The van der Waals surface area contributed by atoms with Crippen molar-refractivity contribution in [1.29, 1.82) is 0 Å². The summed E-state index contributed by atoms with van der Waals surface area (Å²) in [5.41, 5.74) is 0.213. The molecule has 1 aromatic heterocycles. The highest BCUT2D eigenvalue weighted by Gasteiger charge is 2.23. The fourth-order valence-corrected chi connectivity index (χ4v) is 3.06. The highest BCUT2D eigenvalue weighted by Crippen LogP contribution is 2.25. The molecule has 2 aromatic rings. The number of ether oxygens (including phenoxy) is 1. The number of hydrogen-bond acceptors (Lipinski definition) is 4. The van der Waals surface area contributed by atoms with Crippen molar-refractivity contribution >= 4 is 41.3 Å². The van der Waals surface area contributed by atoms with Crippen molar-refractivity contribution in [3.8, 4) is 5.75 Å². The molecule has 0 bridgehead atoms. The molecule has 144 valence electrons. The first kappa shape index (κ1) is 22.7. The van der Waals surface area contributed by atoms with Crippen LogP contribution in [0.5, 0.6) is 5.75 Å². The minimum atomic E-state index is -0.964. The molecule has 0 spiro atoms. The molecule has 1 heterocycles. The minimum Gasteiger partial charge on any atom is -0.492 e. The topological polar surface area (TPSA) is 65.9 Å². The van der Waals surface area contributed by atoms with E-state index in [-0.39, 0.29) is 24.0 Å². The molecule has 3 N–H and O–H groups in total. The van der Waals surface area contributed by atoms with Gasteiger partial charge in [-0.25, -0.2) is 4.99 Å². The lowest BCUT2D eigenvalue weighted by molar-refractivity contribution is 0.0711. The van der Waals surface area contributed by atoms with Crippen LogP contribution in [0.3, 0.4) is 0 Å². The second-order valence-electron chi connectivity index (χ2n) is 6.04. The molecule has 5 nitrogen and oxygen atoms in total. The Balaban J connectivity index is 0.00000338. The van der Waals surface area contributed by atoms with Crippen LogP contribution in [-0.2, 0) is 5.60 Å². The van der Waals surface area contributed by atoms with E-state index < -0.39 is 5.60 Å². The quantitative estimate of drug-likeness (QED) is 0.230. The van der Waals surface area contributed by atoms with Gasteiger partial charge in [0.15, 0.2) is 5.96 Å². The fourth-order valence-electron chi connectivity index (χ4n) is 2.28. The van der Waals surface area contributed by atoms with Crippen LogP contribution in [0.15, 0.2) is 46.8 Å². The van der Waals surface area contributed by atoms with Crippen molar-refractivity contribution in [3.05, 3.63) is 52.2 Å². The van der Waals surface area contributed by atoms with Gasteiger partial charge < -0.3 is 20.5 Å². The van der Waals surface area contributed by atoms with E-state index in [1.54, 1.807) is 6.92 Å². The Labute approximate surface area is 176 Å². The maximum absolute atomic E-state index is 10.6. The Morgan fingerprint density at radius 2 is 2.08 bits per heavy atom. The number of benzene rings is 1. The lowest BCUT2D eigenvalue weighted by Gasteiger charge is -2.20. The van der Waals surface area contributed by atoms with E-state index in [0.29, 0.717) is 25.7 Å². The second kappa shape index (κ2) is 11.4. The fraction of sp³-hybridized carbons (Fsp3) is 0.421. The smallest absolute Gasteiger partial charge is 0.191 e. The molecule has 0 saturated carbocycles. The van der Waals surface area contributed by atoms with Crippen molar-refractivity contribution in [2.24, 2.45) is 4.99 Å². The predicted molar refractivity (Wildman–Crippen MR) is 120 cm³/mol. The third kappa shape index (κ3) is 7.51. The maximum Gasteiger partial charge on any atom is 0.191 e. The van der Waals surface area contributed by atoms with Gasteiger partial charge >= 0.3 is 0 Å². The zero-order chi connectivity index (χ0) is 18.1. The summed E-state index contributed by atoms with van der Waals surface area (Å²) in [7, 11) is 0. The zero-order valence-electron chi connectivity index (χ0n) is 15.5. The van der Waals surface area contributed by atoms with E-state index >= 15 is 0 Å². The van der Waals surface area contributed by atoms with Crippen LogP contribution in [0.25, 0.3) is 0 Å². The van der Waals surface area contributed by atoms with Gasteiger partial charge in [0.1, 0.15) is 18.0 Å². The van der Waals surface area contributed by atoms with Crippen LogP contribution >= 0.6 is 35.3 Å². The molecule has 0 amide bonds. The third-order valence-corrected chi connectivity index (χ3v) is 4.72. The van der Waals surface area contributed by atoms with Crippen molar-refractivity contribution < 1.29 is 9.84 Å². The average molecular weight is 489 g/mol. The lowest BCUT2D eigenvalue weighted by Crippen LogP contribution is -2.40. The molecule has 7 heteroatoms. The Morgan fingerprint density at radius 3 is 2.73 bits per heavy atom. The number of nitrogens with one attached hydrogen (secondary N) is 2. The molecule has 26 heavy (non-hydrogen) atoms. The van der Waals surface area contributed by atoms with Gasteiger partial charge in [-0.1, -0.05) is 18.2 Å². The first-order valence-electron chi connectivity index (χ1n) is 8.49. The predicted octanol–water partition coefficient (Wildman–Crippen LogP) is 3.52. The van der Waals surface area contributed by atoms with Gasteiger partial charge in [0.05, 0.1) is 13.1 Å². The first-order valence-corrected chi connectivity index (χ1v) is 9.37. The Bertz CT molecular complexity index is 675. The van der Waals surface area contributed by atoms with E-state index in [1.807, 2.05) is 55.6 Å². The van der Waals surface area contributed by atoms with Crippen molar-refractivity contribution in [1.82, 2.24) is 10.6 Å². The number of hydrogen-bond donors (Lipinski definition) is 3. The van der Waals surface area contributed by atoms with Gasteiger partial charge in [0, 0.05) is 11.4 Å². The SMILES string of the molecule is CCNC(=NCC(C)(O)c1cccs1)NCCOc1cccc(C)c1.I. The summed E-state index contributed by atoms with van der Waals surface area (Å²) in [6.45, 7) is 8.05. The summed E-state index contributed by atoms with van der Waals surface area (Å²) in [4.78, 5) is 5.41. The number of rotatable bonds is 8. The van der Waals surface area contributed by atoms with E-state index in [1.165, 1.54) is 16.9 Å². The minimum absolute atomic E-state index is 0. The Kier molecular flexibility index (Phi) is 9.97. The van der Waals surface area contributed by atoms with Crippen LogP contribution in [0, 0.1) is 6.92 Å². The van der Waals surface area contributed by atoms with Crippen molar-refractivity contribution in [2.75, 3.05) is 26.2 Å². The summed E-state index contributed by atoms with van der Waals surface area (Å²) in [6.07, 6.45) is 0. The Morgan fingerprint density at radius 1 is 1.27 bits per heavy atom. The maximum atomic E-state index is 10.6. The van der Waals surface area contributed by atoms with Crippen LogP contribution in [-0.4, -0.2) is 37.3 Å². The van der Waals surface area contributed by atoms with Gasteiger partial charge in [-0.3, -0.25) is 0 Å². The monoisotopic (exact) mass is 489 g/mol. The van der Waals surface area contributed by atoms with Crippen molar-refractivity contribution in [3.63, 3.8) is 0 Å². The largest absolute Gasteiger partial charge is 0.492 e. The normalized spacial score (nSPS) is 13.5. The first-order chi connectivity index (χ1) is 12.0. The lowest BCUT2D eigenvalue weighted by atomic mass is 10.1. The van der Waals surface area contributed by atoms with Crippen LogP contribution in [0.2, 0.25) is 0 Å².